The first-order valence-corrected chi connectivity index (χ1v) is 5.60. The van der Waals surface area contributed by atoms with E-state index in [1.54, 1.807) is 6.07 Å². The van der Waals surface area contributed by atoms with Crippen LogP contribution >= 0.6 is 11.8 Å². The Morgan fingerprint density at radius 2 is 2.21 bits per heavy atom. The van der Waals surface area contributed by atoms with E-state index in [0.717, 1.165) is 12.4 Å². The van der Waals surface area contributed by atoms with E-state index in [0.29, 0.717) is 11.1 Å². The molecule has 0 saturated carbocycles. The number of nitrogen functional groups attached to an aromatic ring is 1. The fourth-order valence-corrected chi connectivity index (χ4v) is 1.11. The molecule has 0 aliphatic heterocycles. The normalized spacial score (nSPS) is 12.2. The average molecular weight is 213 g/mol. The van der Waals surface area contributed by atoms with Gasteiger partial charge in [0.2, 0.25) is 0 Å². The van der Waals surface area contributed by atoms with Crippen LogP contribution in [0.15, 0.2) is 12.4 Å². The fraction of sp³-hybridized carbons (Fsp3) is 0.500. The van der Waals surface area contributed by atoms with Crippen LogP contribution in [0.5, 0.6) is 0 Å². The average Bonchev–Trinajstić information content (AvgIpc) is 2.26. The number of thioether (sulfide) groups is 1. The molecule has 0 fully saturated rings. The molecule has 1 aromatic heterocycles. The molecule has 0 aromatic carbocycles. The highest BCUT2D eigenvalue weighted by molar-refractivity contribution is 7.99. The van der Waals surface area contributed by atoms with Gasteiger partial charge in [-0.25, -0.2) is 15.8 Å². The van der Waals surface area contributed by atoms with E-state index < -0.39 is 0 Å². The predicted octanol–water partition coefficient (Wildman–Crippen LogP) is 0.926. The summed E-state index contributed by atoms with van der Waals surface area (Å²) in [6.07, 6.45) is 3.56. The van der Waals surface area contributed by atoms with Gasteiger partial charge in [-0.05, 0) is 6.26 Å². The zero-order valence-corrected chi connectivity index (χ0v) is 9.14. The van der Waals surface area contributed by atoms with Crippen molar-refractivity contribution in [1.29, 1.82) is 0 Å². The minimum atomic E-state index is 0.555. The maximum Gasteiger partial charge on any atom is 0.145 e. The molecule has 6 heteroatoms. The fourth-order valence-electron chi connectivity index (χ4n) is 0.865. The second-order valence-electron chi connectivity index (χ2n) is 2.86. The second-order valence-corrected chi connectivity index (χ2v) is 4.14. The zero-order valence-electron chi connectivity index (χ0n) is 8.32. The third-order valence-electron chi connectivity index (χ3n) is 1.79. The van der Waals surface area contributed by atoms with E-state index in [-0.39, 0.29) is 0 Å². The number of nitrogens with zero attached hydrogens (tertiary/aromatic N) is 2. The zero-order chi connectivity index (χ0) is 10.4. The topological polar surface area (TPSA) is 75.9 Å². The van der Waals surface area contributed by atoms with E-state index >= 15 is 0 Å². The summed E-state index contributed by atoms with van der Waals surface area (Å²) in [5, 5.41) is 3.76. The summed E-state index contributed by atoms with van der Waals surface area (Å²) in [6.45, 7) is 3.03. The van der Waals surface area contributed by atoms with Crippen LogP contribution in [0.25, 0.3) is 0 Å². The summed E-state index contributed by atoms with van der Waals surface area (Å²) in [7, 11) is 0. The van der Waals surface area contributed by atoms with Crippen molar-refractivity contribution >= 4 is 23.4 Å². The Hall–Kier alpha value is -1.01. The molecule has 0 amide bonds. The third kappa shape index (κ3) is 3.39. The number of aromatic nitrogens is 2. The molecule has 5 nitrogen and oxygen atoms in total. The van der Waals surface area contributed by atoms with Gasteiger partial charge in [0.15, 0.2) is 0 Å². The number of rotatable bonds is 5. The van der Waals surface area contributed by atoms with Gasteiger partial charge in [-0.3, -0.25) is 0 Å². The van der Waals surface area contributed by atoms with Crippen molar-refractivity contribution in [2.24, 2.45) is 5.84 Å². The Morgan fingerprint density at radius 3 is 2.86 bits per heavy atom. The van der Waals surface area contributed by atoms with E-state index in [1.807, 2.05) is 11.8 Å². The van der Waals surface area contributed by atoms with Crippen LogP contribution in [0, 0.1) is 0 Å². The standard InChI is InChI=1S/C8H15N5S/c1-6(14-2)4-10-7-3-8(13-9)12-5-11-7/h3,5-6H,4,9H2,1-2H3,(H2,10,11,12,13). The first-order chi connectivity index (χ1) is 6.76. The van der Waals surface area contributed by atoms with Crippen molar-refractivity contribution in [3.8, 4) is 0 Å². The van der Waals surface area contributed by atoms with Gasteiger partial charge in [-0.15, -0.1) is 0 Å². The molecule has 1 atom stereocenters. The van der Waals surface area contributed by atoms with Gasteiger partial charge in [0.05, 0.1) is 0 Å². The first kappa shape index (κ1) is 11.1. The molecule has 1 aromatic rings. The molecular formula is C8H15N5S. The predicted molar refractivity (Wildman–Crippen MR) is 61.3 cm³/mol. The number of hydrogen-bond acceptors (Lipinski definition) is 6. The SMILES string of the molecule is CSC(C)CNc1cc(NN)ncn1. The highest BCUT2D eigenvalue weighted by Crippen LogP contribution is 2.09. The summed E-state index contributed by atoms with van der Waals surface area (Å²) in [4.78, 5) is 7.98. The van der Waals surface area contributed by atoms with Gasteiger partial charge in [-0.2, -0.15) is 11.8 Å². The molecule has 0 aliphatic carbocycles. The highest BCUT2D eigenvalue weighted by Gasteiger charge is 2.00. The molecular weight excluding hydrogens is 198 g/mol. The lowest BCUT2D eigenvalue weighted by Gasteiger charge is -2.10. The number of hydrazine groups is 1. The van der Waals surface area contributed by atoms with Crippen molar-refractivity contribution in [2.75, 3.05) is 23.5 Å². The Balaban J connectivity index is 2.50. The maximum absolute atomic E-state index is 5.23. The summed E-state index contributed by atoms with van der Waals surface area (Å²) in [5.74, 6) is 6.63. The quantitative estimate of drug-likeness (QED) is 0.499. The molecule has 0 radical (unpaired) electrons. The van der Waals surface area contributed by atoms with E-state index in [9.17, 15) is 0 Å². The van der Waals surface area contributed by atoms with Crippen LogP contribution in [0.2, 0.25) is 0 Å². The molecule has 0 bridgehead atoms. The Bertz CT molecular complexity index is 280. The second kappa shape index (κ2) is 5.66. The van der Waals surface area contributed by atoms with E-state index in [2.05, 4.69) is 33.9 Å². The molecule has 1 rings (SSSR count). The minimum absolute atomic E-state index is 0.555. The van der Waals surface area contributed by atoms with Gasteiger partial charge in [0.1, 0.15) is 18.0 Å². The van der Waals surface area contributed by atoms with Crippen molar-refractivity contribution in [3.05, 3.63) is 12.4 Å². The van der Waals surface area contributed by atoms with E-state index in [1.165, 1.54) is 6.33 Å². The van der Waals surface area contributed by atoms with Gasteiger partial charge in [0.25, 0.3) is 0 Å². The van der Waals surface area contributed by atoms with Crippen molar-refractivity contribution < 1.29 is 0 Å². The van der Waals surface area contributed by atoms with Crippen molar-refractivity contribution in [3.63, 3.8) is 0 Å². The van der Waals surface area contributed by atoms with E-state index in [4.69, 9.17) is 5.84 Å². The third-order valence-corrected chi connectivity index (χ3v) is 2.76. The monoisotopic (exact) mass is 213 g/mol. The Labute approximate surface area is 87.9 Å². The Morgan fingerprint density at radius 1 is 1.50 bits per heavy atom. The van der Waals surface area contributed by atoms with Crippen LogP contribution < -0.4 is 16.6 Å². The number of hydrogen-bond donors (Lipinski definition) is 3. The lowest BCUT2D eigenvalue weighted by atomic mass is 10.4. The summed E-state index contributed by atoms with van der Waals surface area (Å²) in [6, 6.07) is 1.77. The molecule has 0 spiro atoms. The molecule has 14 heavy (non-hydrogen) atoms. The molecule has 0 saturated heterocycles. The molecule has 4 N–H and O–H groups in total. The lowest BCUT2D eigenvalue weighted by Crippen LogP contribution is -2.14. The lowest BCUT2D eigenvalue weighted by molar-refractivity contribution is 0.985. The van der Waals surface area contributed by atoms with Gasteiger partial charge in [-0.1, -0.05) is 6.92 Å². The van der Waals surface area contributed by atoms with Crippen LogP contribution in [0.4, 0.5) is 11.6 Å². The van der Waals surface area contributed by atoms with Gasteiger partial charge >= 0.3 is 0 Å². The molecule has 78 valence electrons. The van der Waals surface area contributed by atoms with Crippen LogP contribution in [0.3, 0.4) is 0 Å². The van der Waals surface area contributed by atoms with Gasteiger partial charge in [0, 0.05) is 17.9 Å². The maximum atomic E-state index is 5.23. The minimum Gasteiger partial charge on any atom is -0.369 e. The number of anilines is 2. The van der Waals surface area contributed by atoms with Crippen LogP contribution in [0.1, 0.15) is 6.92 Å². The van der Waals surface area contributed by atoms with Crippen LogP contribution in [-0.4, -0.2) is 28.0 Å². The summed E-state index contributed by atoms with van der Waals surface area (Å²) < 4.78 is 0. The van der Waals surface area contributed by atoms with Crippen LogP contribution in [-0.2, 0) is 0 Å². The first-order valence-electron chi connectivity index (χ1n) is 4.31. The van der Waals surface area contributed by atoms with Crippen molar-refractivity contribution in [1.82, 2.24) is 9.97 Å². The Kier molecular flexibility index (Phi) is 4.48. The largest absolute Gasteiger partial charge is 0.369 e. The molecule has 1 unspecified atom stereocenters. The number of nitrogens with two attached hydrogens (primary N) is 1. The smallest absolute Gasteiger partial charge is 0.145 e. The molecule has 0 aliphatic rings. The van der Waals surface area contributed by atoms with Gasteiger partial charge < -0.3 is 10.7 Å². The highest BCUT2D eigenvalue weighted by atomic mass is 32.2. The van der Waals surface area contributed by atoms with Crippen molar-refractivity contribution in [2.45, 2.75) is 12.2 Å². The summed E-state index contributed by atoms with van der Waals surface area (Å²) in [5.41, 5.74) is 2.47. The number of nitrogens with one attached hydrogen (secondary N) is 2. The molecule has 1 heterocycles. The summed E-state index contributed by atoms with van der Waals surface area (Å²) >= 11 is 1.81.